The highest BCUT2D eigenvalue weighted by Crippen LogP contribution is 2.21. The van der Waals surface area contributed by atoms with Gasteiger partial charge in [0.25, 0.3) is 5.56 Å². The van der Waals surface area contributed by atoms with Gasteiger partial charge in [-0.25, -0.2) is 4.68 Å². The molecule has 2 heterocycles. The predicted molar refractivity (Wildman–Crippen MR) is 66.7 cm³/mol. The van der Waals surface area contributed by atoms with Gasteiger partial charge in [-0.05, 0) is 0 Å². The first kappa shape index (κ1) is 12.1. The van der Waals surface area contributed by atoms with Crippen LogP contribution in [-0.4, -0.2) is 36.1 Å². The molecule has 1 aliphatic rings. The van der Waals surface area contributed by atoms with Crippen molar-refractivity contribution in [2.75, 3.05) is 31.2 Å². The average molecular weight is 256 g/mol. The van der Waals surface area contributed by atoms with Crippen LogP contribution in [0.3, 0.4) is 0 Å². The number of nitrogens with zero attached hydrogens (tertiary/aromatic N) is 3. The van der Waals surface area contributed by atoms with Gasteiger partial charge >= 0.3 is 0 Å². The molecule has 6 heteroatoms. The van der Waals surface area contributed by atoms with Gasteiger partial charge in [0.2, 0.25) is 0 Å². The van der Waals surface area contributed by atoms with Crippen molar-refractivity contribution in [3.8, 4) is 0 Å². The van der Waals surface area contributed by atoms with Crippen LogP contribution in [0.1, 0.15) is 0 Å². The zero-order chi connectivity index (χ0) is 12.3. The van der Waals surface area contributed by atoms with E-state index in [2.05, 4.69) is 11.7 Å². The molecule has 1 aromatic rings. The van der Waals surface area contributed by atoms with Crippen LogP contribution in [0.5, 0.6) is 0 Å². The van der Waals surface area contributed by atoms with E-state index in [0.717, 1.165) is 13.1 Å². The molecular formula is C11H14ClN3O2. The van der Waals surface area contributed by atoms with E-state index >= 15 is 0 Å². The number of hydrogen-bond acceptors (Lipinski definition) is 4. The topological polar surface area (TPSA) is 47.4 Å². The van der Waals surface area contributed by atoms with Crippen LogP contribution in [0.15, 0.2) is 23.6 Å². The van der Waals surface area contributed by atoms with Gasteiger partial charge in [0.1, 0.15) is 5.02 Å². The van der Waals surface area contributed by atoms with Crippen LogP contribution in [0, 0.1) is 0 Å². The zero-order valence-corrected chi connectivity index (χ0v) is 10.2. The Kier molecular flexibility index (Phi) is 3.81. The van der Waals surface area contributed by atoms with E-state index in [-0.39, 0.29) is 10.6 Å². The second-order valence-electron chi connectivity index (χ2n) is 3.72. The Hall–Kier alpha value is -1.33. The third-order valence-corrected chi connectivity index (χ3v) is 2.98. The molecule has 2 rings (SSSR count). The van der Waals surface area contributed by atoms with Crippen molar-refractivity contribution in [1.29, 1.82) is 0 Å². The quantitative estimate of drug-likeness (QED) is 0.754. The molecular weight excluding hydrogens is 242 g/mol. The van der Waals surface area contributed by atoms with Crippen molar-refractivity contribution in [3.05, 3.63) is 34.2 Å². The van der Waals surface area contributed by atoms with E-state index < -0.39 is 0 Å². The van der Waals surface area contributed by atoms with E-state index in [1.165, 1.54) is 4.68 Å². The van der Waals surface area contributed by atoms with Crippen LogP contribution in [-0.2, 0) is 11.3 Å². The van der Waals surface area contributed by atoms with E-state index in [4.69, 9.17) is 16.3 Å². The van der Waals surface area contributed by atoms with Crippen LogP contribution < -0.4 is 10.5 Å². The van der Waals surface area contributed by atoms with E-state index in [1.807, 2.05) is 4.90 Å². The summed E-state index contributed by atoms with van der Waals surface area (Å²) in [6.45, 7) is 6.68. The molecule has 0 N–H and O–H groups in total. The molecule has 0 amide bonds. The minimum absolute atomic E-state index is 0.212. The lowest BCUT2D eigenvalue weighted by molar-refractivity contribution is 0.122. The van der Waals surface area contributed by atoms with Crippen LogP contribution in [0.2, 0.25) is 5.02 Å². The number of allylic oxidation sites excluding steroid dienone is 1. The van der Waals surface area contributed by atoms with Crippen molar-refractivity contribution in [2.45, 2.75) is 6.54 Å². The maximum Gasteiger partial charge on any atom is 0.287 e. The van der Waals surface area contributed by atoms with E-state index in [1.54, 1.807) is 12.3 Å². The summed E-state index contributed by atoms with van der Waals surface area (Å²) in [4.78, 5) is 13.9. The Morgan fingerprint density at radius 2 is 2.24 bits per heavy atom. The number of ether oxygens (including phenoxy) is 1. The molecule has 0 bridgehead atoms. The molecule has 0 aromatic carbocycles. The number of hydrogen-bond donors (Lipinski definition) is 0. The molecule has 1 fully saturated rings. The summed E-state index contributed by atoms with van der Waals surface area (Å²) < 4.78 is 6.54. The standard InChI is InChI=1S/C11H14ClN3O2/c1-2-3-15-11(16)10(12)9(8-13-15)14-4-6-17-7-5-14/h2,8H,1,3-7H2. The molecule has 17 heavy (non-hydrogen) atoms. The lowest BCUT2D eigenvalue weighted by Crippen LogP contribution is -2.38. The molecule has 0 spiro atoms. The van der Waals surface area contributed by atoms with Gasteiger partial charge in [-0.3, -0.25) is 4.79 Å². The fourth-order valence-corrected chi connectivity index (χ4v) is 2.00. The fraction of sp³-hybridized carbons (Fsp3) is 0.455. The monoisotopic (exact) mass is 255 g/mol. The molecule has 0 saturated carbocycles. The molecule has 92 valence electrons. The molecule has 0 atom stereocenters. The van der Waals surface area contributed by atoms with E-state index in [9.17, 15) is 4.79 Å². The summed E-state index contributed by atoms with van der Waals surface area (Å²) in [5, 5.41) is 4.28. The van der Waals surface area contributed by atoms with Crippen molar-refractivity contribution >= 4 is 17.3 Å². The lowest BCUT2D eigenvalue weighted by atomic mass is 10.3. The predicted octanol–water partition coefficient (Wildman–Crippen LogP) is 0.919. The minimum Gasteiger partial charge on any atom is -0.378 e. The van der Waals surface area contributed by atoms with Crippen LogP contribution in [0.25, 0.3) is 0 Å². The highest BCUT2D eigenvalue weighted by atomic mass is 35.5. The van der Waals surface area contributed by atoms with Crippen LogP contribution >= 0.6 is 11.6 Å². The maximum atomic E-state index is 11.9. The second-order valence-corrected chi connectivity index (χ2v) is 4.10. The number of aromatic nitrogens is 2. The molecule has 1 saturated heterocycles. The maximum absolute atomic E-state index is 11.9. The van der Waals surface area contributed by atoms with Crippen molar-refractivity contribution in [2.24, 2.45) is 0 Å². The molecule has 1 aromatic heterocycles. The number of rotatable bonds is 3. The molecule has 0 aliphatic carbocycles. The summed E-state index contributed by atoms with van der Waals surface area (Å²) in [6, 6.07) is 0. The first-order valence-corrected chi connectivity index (χ1v) is 5.81. The van der Waals surface area contributed by atoms with Crippen molar-refractivity contribution in [3.63, 3.8) is 0 Å². The third kappa shape index (κ3) is 2.50. The summed E-state index contributed by atoms with van der Waals surface area (Å²) in [6.07, 6.45) is 3.23. The van der Waals surface area contributed by atoms with Gasteiger partial charge in [-0.1, -0.05) is 17.7 Å². The highest BCUT2D eigenvalue weighted by molar-refractivity contribution is 6.33. The molecule has 5 nitrogen and oxygen atoms in total. The molecule has 0 unspecified atom stereocenters. The smallest absolute Gasteiger partial charge is 0.287 e. The summed E-state index contributed by atoms with van der Waals surface area (Å²) in [5.74, 6) is 0. The third-order valence-electron chi connectivity index (χ3n) is 2.62. The van der Waals surface area contributed by atoms with Crippen molar-refractivity contribution < 1.29 is 4.74 Å². The van der Waals surface area contributed by atoms with Crippen LogP contribution in [0.4, 0.5) is 5.69 Å². The Labute approximate surface area is 104 Å². The Morgan fingerprint density at radius 3 is 2.88 bits per heavy atom. The second kappa shape index (κ2) is 5.33. The minimum atomic E-state index is -0.282. The van der Waals surface area contributed by atoms with Gasteiger partial charge in [-0.2, -0.15) is 5.10 Å². The lowest BCUT2D eigenvalue weighted by Gasteiger charge is -2.29. The number of halogens is 1. The molecule has 1 aliphatic heterocycles. The highest BCUT2D eigenvalue weighted by Gasteiger charge is 2.17. The van der Waals surface area contributed by atoms with Crippen molar-refractivity contribution in [1.82, 2.24) is 9.78 Å². The Bertz CT molecular complexity index is 466. The fourth-order valence-electron chi connectivity index (χ4n) is 1.73. The Morgan fingerprint density at radius 1 is 1.53 bits per heavy atom. The van der Waals surface area contributed by atoms with Gasteiger partial charge in [0, 0.05) is 13.1 Å². The van der Waals surface area contributed by atoms with Gasteiger partial charge in [0.05, 0.1) is 31.6 Å². The zero-order valence-electron chi connectivity index (χ0n) is 9.43. The summed E-state index contributed by atoms with van der Waals surface area (Å²) in [7, 11) is 0. The average Bonchev–Trinajstić information content (AvgIpc) is 2.36. The van der Waals surface area contributed by atoms with Gasteiger partial charge in [0.15, 0.2) is 0 Å². The SMILES string of the molecule is C=CCn1ncc(N2CCOCC2)c(Cl)c1=O. The summed E-state index contributed by atoms with van der Waals surface area (Å²) >= 11 is 6.08. The first-order chi connectivity index (χ1) is 8.24. The molecule has 0 radical (unpaired) electrons. The largest absolute Gasteiger partial charge is 0.378 e. The summed E-state index contributed by atoms with van der Waals surface area (Å²) in [5.41, 5.74) is 0.399. The number of anilines is 1. The Balaban J connectivity index is 2.32. The van der Waals surface area contributed by atoms with E-state index in [0.29, 0.717) is 25.4 Å². The van der Waals surface area contributed by atoms with Gasteiger partial charge < -0.3 is 9.64 Å². The first-order valence-electron chi connectivity index (χ1n) is 5.43. The normalized spacial score (nSPS) is 15.9. The number of morpholine rings is 1. The van der Waals surface area contributed by atoms with Gasteiger partial charge in [-0.15, -0.1) is 6.58 Å².